The number of hydrogen-bond donors (Lipinski definition) is 0. The Hall–Kier alpha value is -1.74. The van der Waals surface area contributed by atoms with Crippen LogP contribution < -0.4 is 0 Å². The molecule has 0 amide bonds. The molecule has 84 valence electrons. The second-order valence-corrected chi connectivity index (χ2v) is 4.75. The van der Waals surface area contributed by atoms with Gasteiger partial charge in [0.05, 0.1) is 11.7 Å². The quantitative estimate of drug-likeness (QED) is 0.650. The van der Waals surface area contributed by atoms with E-state index in [2.05, 4.69) is 45.9 Å². The molecule has 3 rings (SSSR count). The number of nitrogens with zero attached hydrogens (tertiary/aromatic N) is 2. The number of imidazole rings is 1. The van der Waals surface area contributed by atoms with Crippen LogP contribution in [-0.2, 0) is 5.75 Å². The van der Waals surface area contributed by atoms with Crippen LogP contribution >= 0.6 is 11.8 Å². The summed E-state index contributed by atoms with van der Waals surface area (Å²) < 4.78 is 2.12. The molecule has 0 aliphatic rings. The molecular weight excluding hydrogens is 228 g/mol. The predicted molar refractivity (Wildman–Crippen MR) is 71.2 cm³/mol. The molecule has 2 nitrogen and oxygen atoms in total. The van der Waals surface area contributed by atoms with E-state index in [1.807, 2.05) is 24.4 Å². The third-order valence-corrected chi connectivity index (χ3v) is 3.65. The fraction of sp³-hybridized carbons (Fsp3) is 0.0714. The van der Waals surface area contributed by atoms with Gasteiger partial charge in [-0.3, -0.25) is 4.40 Å². The van der Waals surface area contributed by atoms with Gasteiger partial charge in [0.25, 0.3) is 0 Å². The molecule has 0 saturated heterocycles. The third kappa shape index (κ3) is 2.19. The Kier molecular flexibility index (Phi) is 2.84. The zero-order valence-corrected chi connectivity index (χ0v) is 10.1. The normalized spacial score (nSPS) is 10.8. The largest absolute Gasteiger partial charge is 0.295 e. The standard InChI is InChI=1S/C14H12N2S/c1-2-6-12(7-3-1)11-17-14-15-10-13-8-4-5-9-16(13)14/h1-10H,11H2. The molecule has 0 aliphatic heterocycles. The van der Waals surface area contributed by atoms with Gasteiger partial charge in [0, 0.05) is 11.9 Å². The van der Waals surface area contributed by atoms with E-state index in [0.29, 0.717) is 0 Å². The highest BCUT2D eigenvalue weighted by Crippen LogP contribution is 2.22. The Balaban J connectivity index is 1.82. The van der Waals surface area contributed by atoms with Crippen molar-refractivity contribution in [3.8, 4) is 0 Å². The molecule has 17 heavy (non-hydrogen) atoms. The number of hydrogen-bond acceptors (Lipinski definition) is 2. The first-order valence-corrected chi connectivity index (χ1v) is 6.51. The van der Waals surface area contributed by atoms with Crippen molar-refractivity contribution in [2.45, 2.75) is 10.9 Å². The summed E-state index contributed by atoms with van der Waals surface area (Å²) in [7, 11) is 0. The molecule has 0 saturated carbocycles. The molecule has 0 aliphatic carbocycles. The first kappa shape index (κ1) is 10.4. The highest BCUT2D eigenvalue weighted by atomic mass is 32.2. The summed E-state index contributed by atoms with van der Waals surface area (Å²) in [6.07, 6.45) is 3.96. The van der Waals surface area contributed by atoms with Crippen molar-refractivity contribution in [3.05, 3.63) is 66.5 Å². The van der Waals surface area contributed by atoms with Crippen molar-refractivity contribution in [2.24, 2.45) is 0 Å². The van der Waals surface area contributed by atoms with E-state index >= 15 is 0 Å². The third-order valence-electron chi connectivity index (χ3n) is 2.62. The number of rotatable bonds is 3. The van der Waals surface area contributed by atoms with Crippen LogP contribution in [0, 0.1) is 0 Å². The smallest absolute Gasteiger partial charge is 0.172 e. The lowest BCUT2D eigenvalue weighted by Crippen LogP contribution is -1.87. The molecule has 2 aromatic heterocycles. The van der Waals surface area contributed by atoms with Crippen LogP contribution in [0.3, 0.4) is 0 Å². The fourth-order valence-electron chi connectivity index (χ4n) is 1.75. The molecule has 0 N–H and O–H groups in total. The zero-order chi connectivity index (χ0) is 11.5. The molecular formula is C14H12N2S. The Morgan fingerprint density at radius 2 is 1.82 bits per heavy atom. The molecule has 3 aromatic rings. The average molecular weight is 240 g/mol. The number of pyridine rings is 1. The Morgan fingerprint density at radius 3 is 2.71 bits per heavy atom. The number of benzene rings is 1. The van der Waals surface area contributed by atoms with Gasteiger partial charge >= 0.3 is 0 Å². The fourth-order valence-corrected chi connectivity index (χ4v) is 2.67. The second kappa shape index (κ2) is 4.63. The molecule has 3 heteroatoms. The van der Waals surface area contributed by atoms with Crippen molar-refractivity contribution in [2.75, 3.05) is 0 Å². The summed E-state index contributed by atoms with van der Waals surface area (Å²) >= 11 is 1.76. The highest BCUT2D eigenvalue weighted by Gasteiger charge is 2.03. The van der Waals surface area contributed by atoms with Crippen LogP contribution in [-0.4, -0.2) is 9.38 Å². The maximum atomic E-state index is 4.44. The van der Waals surface area contributed by atoms with E-state index in [0.717, 1.165) is 16.4 Å². The topological polar surface area (TPSA) is 17.3 Å². The Labute approximate surface area is 104 Å². The minimum absolute atomic E-state index is 0.953. The van der Waals surface area contributed by atoms with Gasteiger partial charge in [0.2, 0.25) is 0 Å². The molecule has 0 unspecified atom stereocenters. The Bertz CT molecular complexity index is 616. The lowest BCUT2D eigenvalue weighted by atomic mass is 10.2. The lowest BCUT2D eigenvalue weighted by Gasteiger charge is -2.01. The van der Waals surface area contributed by atoms with Crippen molar-refractivity contribution in [1.82, 2.24) is 9.38 Å². The summed E-state index contributed by atoms with van der Waals surface area (Å²) in [5.74, 6) is 0.953. The molecule has 0 spiro atoms. The average Bonchev–Trinajstić information content (AvgIpc) is 2.81. The molecule has 0 bridgehead atoms. The minimum Gasteiger partial charge on any atom is -0.295 e. The van der Waals surface area contributed by atoms with E-state index in [1.165, 1.54) is 5.56 Å². The van der Waals surface area contributed by atoms with Crippen molar-refractivity contribution in [3.63, 3.8) is 0 Å². The molecule has 0 fully saturated rings. The van der Waals surface area contributed by atoms with Crippen molar-refractivity contribution < 1.29 is 0 Å². The lowest BCUT2D eigenvalue weighted by molar-refractivity contribution is 0.957. The second-order valence-electron chi connectivity index (χ2n) is 3.81. The van der Waals surface area contributed by atoms with Crippen molar-refractivity contribution in [1.29, 1.82) is 0 Å². The highest BCUT2D eigenvalue weighted by molar-refractivity contribution is 7.98. The van der Waals surface area contributed by atoms with E-state index in [4.69, 9.17) is 0 Å². The molecule has 0 radical (unpaired) electrons. The van der Waals surface area contributed by atoms with Crippen LogP contribution in [0.4, 0.5) is 0 Å². The Morgan fingerprint density at radius 1 is 1.00 bits per heavy atom. The van der Waals surface area contributed by atoms with E-state index in [-0.39, 0.29) is 0 Å². The van der Waals surface area contributed by atoms with Crippen LogP contribution in [0.5, 0.6) is 0 Å². The van der Waals surface area contributed by atoms with Crippen LogP contribution in [0.2, 0.25) is 0 Å². The summed E-state index contributed by atoms with van der Waals surface area (Å²) in [6.45, 7) is 0. The van der Waals surface area contributed by atoms with Crippen LogP contribution in [0.1, 0.15) is 5.56 Å². The molecule has 0 atom stereocenters. The predicted octanol–water partition coefficient (Wildman–Crippen LogP) is 3.63. The SMILES string of the molecule is c1ccc(CSc2ncc3ccccn23)cc1. The van der Waals surface area contributed by atoms with E-state index in [9.17, 15) is 0 Å². The van der Waals surface area contributed by atoms with Gasteiger partial charge in [-0.1, -0.05) is 48.2 Å². The van der Waals surface area contributed by atoms with Gasteiger partial charge < -0.3 is 0 Å². The van der Waals surface area contributed by atoms with E-state index in [1.54, 1.807) is 11.8 Å². The van der Waals surface area contributed by atoms with Gasteiger partial charge in [-0.25, -0.2) is 4.98 Å². The first-order chi connectivity index (χ1) is 8.43. The minimum atomic E-state index is 0.953. The van der Waals surface area contributed by atoms with Gasteiger partial charge in [-0.05, 0) is 17.7 Å². The van der Waals surface area contributed by atoms with Gasteiger partial charge in [0.1, 0.15) is 0 Å². The molecule has 2 heterocycles. The monoisotopic (exact) mass is 240 g/mol. The number of thioether (sulfide) groups is 1. The van der Waals surface area contributed by atoms with Crippen LogP contribution in [0.15, 0.2) is 66.1 Å². The first-order valence-electron chi connectivity index (χ1n) is 5.52. The zero-order valence-electron chi connectivity index (χ0n) is 9.28. The molecule has 1 aromatic carbocycles. The number of aromatic nitrogens is 2. The summed E-state index contributed by atoms with van der Waals surface area (Å²) in [5.41, 5.74) is 2.47. The van der Waals surface area contributed by atoms with E-state index < -0.39 is 0 Å². The van der Waals surface area contributed by atoms with Gasteiger partial charge in [-0.2, -0.15) is 0 Å². The van der Waals surface area contributed by atoms with Gasteiger partial charge in [-0.15, -0.1) is 0 Å². The van der Waals surface area contributed by atoms with Gasteiger partial charge in [0.15, 0.2) is 5.16 Å². The van der Waals surface area contributed by atoms with Crippen LogP contribution in [0.25, 0.3) is 5.52 Å². The number of fused-ring (bicyclic) bond motifs is 1. The summed E-state index contributed by atoms with van der Waals surface area (Å²) in [4.78, 5) is 4.44. The maximum absolute atomic E-state index is 4.44. The maximum Gasteiger partial charge on any atom is 0.172 e. The summed E-state index contributed by atoms with van der Waals surface area (Å²) in [6, 6.07) is 16.6. The van der Waals surface area contributed by atoms with Crippen molar-refractivity contribution >= 4 is 17.3 Å². The summed E-state index contributed by atoms with van der Waals surface area (Å²) in [5, 5.41) is 1.05.